The fourth-order valence-electron chi connectivity index (χ4n) is 3.72. The smallest absolute Gasteiger partial charge is 0.257 e. The lowest BCUT2D eigenvalue weighted by Gasteiger charge is -2.15. The Bertz CT molecular complexity index is 1110. The molecule has 0 aliphatic heterocycles. The summed E-state index contributed by atoms with van der Waals surface area (Å²) >= 11 is 0. The Kier molecular flexibility index (Phi) is 7.16. The van der Waals surface area contributed by atoms with Gasteiger partial charge in [0, 0.05) is 12.0 Å². The first-order chi connectivity index (χ1) is 14.6. The lowest BCUT2D eigenvalue weighted by atomic mass is 9.95. The van der Waals surface area contributed by atoms with Gasteiger partial charge in [-0.1, -0.05) is 55.8 Å². The molecule has 30 heavy (non-hydrogen) atoms. The van der Waals surface area contributed by atoms with E-state index in [9.17, 15) is 15.2 Å². The predicted molar refractivity (Wildman–Crippen MR) is 118 cm³/mol. The van der Waals surface area contributed by atoms with E-state index in [1.165, 1.54) is 4.57 Å². The van der Waals surface area contributed by atoms with Crippen LogP contribution in [-0.4, -0.2) is 21.3 Å². The Balaban J connectivity index is 2.04. The third-order valence-electron chi connectivity index (χ3n) is 5.30. The van der Waals surface area contributed by atoms with Crippen molar-refractivity contribution in [3.63, 3.8) is 0 Å². The van der Waals surface area contributed by atoms with E-state index < -0.39 is 0 Å². The number of unbranched alkanes of at least 4 members (excludes halogenated alkanes) is 1. The van der Waals surface area contributed by atoms with Gasteiger partial charge in [0.1, 0.15) is 5.82 Å². The highest BCUT2D eigenvalue weighted by Crippen LogP contribution is 2.25. The van der Waals surface area contributed by atoms with Gasteiger partial charge >= 0.3 is 0 Å². The topological polar surface area (TPSA) is 78.9 Å². The van der Waals surface area contributed by atoms with Gasteiger partial charge in [-0.25, -0.2) is 4.98 Å². The number of rotatable bonds is 8. The Labute approximate surface area is 177 Å². The van der Waals surface area contributed by atoms with Gasteiger partial charge in [-0.3, -0.25) is 9.36 Å². The molecule has 1 N–H and O–H groups in total. The zero-order valence-electron chi connectivity index (χ0n) is 17.6. The number of aliphatic hydroxyl groups is 1. The number of aromatic nitrogens is 2. The summed E-state index contributed by atoms with van der Waals surface area (Å²) in [5, 5.41) is 19.0. The van der Waals surface area contributed by atoms with Gasteiger partial charge < -0.3 is 5.11 Å². The SMILES string of the molecule is CCCCc1nc(C)n(CCO)c(=O)c1Cc1ccc(-c2ccccc2)c(C#N)c1. The highest BCUT2D eigenvalue weighted by Gasteiger charge is 2.16. The number of nitrogens with zero attached hydrogens (tertiary/aromatic N) is 3. The minimum absolute atomic E-state index is 0.103. The standard InChI is InChI=1S/C25H27N3O2/c1-3-4-10-24-23(25(30)28(13-14-29)18(2)27-24)16-19-11-12-22(21(15-19)17-26)20-8-6-5-7-9-20/h5-9,11-12,15,29H,3-4,10,13-14,16H2,1-2H3. The molecule has 154 valence electrons. The van der Waals surface area contributed by atoms with Crippen molar-refractivity contribution in [3.8, 4) is 17.2 Å². The second kappa shape index (κ2) is 10.00. The van der Waals surface area contributed by atoms with Crippen LogP contribution in [0.4, 0.5) is 0 Å². The van der Waals surface area contributed by atoms with E-state index in [2.05, 4.69) is 18.0 Å². The zero-order valence-corrected chi connectivity index (χ0v) is 17.6. The van der Waals surface area contributed by atoms with Crippen LogP contribution in [0.3, 0.4) is 0 Å². The lowest BCUT2D eigenvalue weighted by molar-refractivity contribution is 0.271. The molecule has 0 fully saturated rings. The van der Waals surface area contributed by atoms with E-state index in [1.54, 1.807) is 6.92 Å². The number of hydrogen-bond donors (Lipinski definition) is 1. The van der Waals surface area contributed by atoms with Gasteiger partial charge in [0.15, 0.2) is 0 Å². The summed E-state index contributed by atoms with van der Waals surface area (Å²) in [5.41, 5.74) is 4.73. The molecule has 0 saturated carbocycles. The van der Waals surface area contributed by atoms with Crippen LogP contribution >= 0.6 is 0 Å². The summed E-state index contributed by atoms with van der Waals surface area (Å²) in [4.78, 5) is 17.8. The molecule has 0 radical (unpaired) electrons. The molecule has 3 aromatic rings. The number of aryl methyl sites for hydroxylation is 2. The molecule has 0 spiro atoms. The maximum Gasteiger partial charge on any atom is 0.257 e. The maximum absolute atomic E-state index is 13.2. The summed E-state index contributed by atoms with van der Waals surface area (Å²) in [7, 11) is 0. The number of benzene rings is 2. The Morgan fingerprint density at radius 1 is 1.17 bits per heavy atom. The average molecular weight is 402 g/mol. The number of nitriles is 1. The second-order valence-electron chi connectivity index (χ2n) is 7.40. The molecule has 5 nitrogen and oxygen atoms in total. The van der Waals surface area contributed by atoms with Crippen LogP contribution in [0, 0.1) is 18.3 Å². The summed E-state index contributed by atoms with van der Waals surface area (Å²) in [6.07, 6.45) is 3.14. The molecule has 3 rings (SSSR count). The van der Waals surface area contributed by atoms with Gasteiger partial charge in [-0.2, -0.15) is 5.26 Å². The summed E-state index contributed by atoms with van der Waals surface area (Å²) in [6.45, 7) is 4.04. The molecule has 2 aromatic carbocycles. The quantitative estimate of drug-likeness (QED) is 0.618. The van der Waals surface area contributed by atoms with E-state index in [0.29, 0.717) is 23.4 Å². The van der Waals surface area contributed by atoms with E-state index in [4.69, 9.17) is 0 Å². The zero-order chi connectivity index (χ0) is 21.5. The number of aliphatic hydroxyl groups excluding tert-OH is 1. The van der Waals surface area contributed by atoms with Crippen molar-refractivity contribution in [2.45, 2.75) is 46.1 Å². The Morgan fingerprint density at radius 3 is 2.60 bits per heavy atom. The summed E-state index contributed by atoms with van der Waals surface area (Å²) in [5.74, 6) is 0.626. The monoisotopic (exact) mass is 401 g/mol. The molecule has 0 saturated heterocycles. The van der Waals surface area contributed by atoms with E-state index in [-0.39, 0.29) is 18.7 Å². The van der Waals surface area contributed by atoms with Gasteiger partial charge in [0.05, 0.1) is 30.5 Å². The van der Waals surface area contributed by atoms with Crippen LogP contribution in [0.1, 0.15) is 48.0 Å². The maximum atomic E-state index is 13.2. The lowest BCUT2D eigenvalue weighted by Crippen LogP contribution is -2.30. The highest BCUT2D eigenvalue weighted by molar-refractivity contribution is 5.71. The van der Waals surface area contributed by atoms with Crippen LogP contribution in [0.15, 0.2) is 53.3 Å². The third-order valence-corrected chi connectivity index (χ3v) is 5.30. The molecule has 0 aliphatic carbocycles. The highest BCUT2D eigenvalue weighted by atomic mass is 16.3. The largest absolute Gasteiger partial charge is 0.395 e. The average Bonchev–Trinajstić information content (AvgIpc) is 2.77. The molecule has 0 atom stereocenters. The molecule has 5 heteroatoms. The minimum Gasteiger partial charge on any atom is -0.395 e. The minimum atomic E-state index is -0.111. The van der Waals surface area contributed by atoms with Crippen molar-refractivity contribution < 1.29 is 5.11 Å². The van der Waals surface area contributed by atoms with Gasteiger partial charge in [0.25, 0.3) is 5.56 Å². The summed E-state index contributed by atoms with van der Waals surface area (Å²) < 4.78 is 1.54. The van der Waals surface area contributed by atoms with Crippen molar-refractivity contribution in [2.24, 2.45) is 0 Å². The molecular weight excluding hydrogens is 374 g/mol. The van der Waals surface area contributed by atoms with Crippen molar-refractivity contribution >= 4 is 0 Å². The van der Waals surface area contributed by atoms with Crippen LogP contribution in [0.25, 0.3) is 11.1 Å². The van der Waals surface area contributed by atoms with E-state index >= 15 is 0 Å². The second-order valence-corrected chi connectivity index (χ2v) is 7.40. The first-order valence-electron chi connectivity index (χ1n) is 10.4. The fourth-order valence-corrected chi connectivity index (χ4v) is 3.72. The Morgan fingerprint density at radius 2 is 1.93 bits per heavy atom. The predicted octanol–water partition coefficient (Wildman–Crippen LogP) is 4.02. The molecule has 1 aromatic heterocycles. The number of hydrogen-bond acceptors (Lipinski definition) is 4. The molecule has 0 bridgehead atoms. The van der Waals surface area contributed by atoms with E-state index in [1.807, 2.05) is 48.5 Å². The van der Waals surface area contributed by atoms with Crippen LogP contribution in [0.5, 0.6) is 0 Å². The van der Waals surface area contributed by atoms with Gasteiger partial charge in [0.2, 0.25) is 0 Å². The molecule has 1 heterocycles. The summed E-state index contributed by atoms with van der Waals surface area (Å²) in [6, 6.07) is 17.9. The first kappa shape index (κ1) is 21.5. The Hall–Kier alpha value is -3.23. The molecule has 0 aliphatic rings. The molecular formula is C25H27N3O2. The molecule has 0 unspecified atom stereocenters. The van der Waals surface area contributed by atoms with Crippen LogP contribution < -0.4 is 5.56 Å². The van der Waals surface area contributed by atoms with E-state index in [0.717, 1.165) is 41.6 Å². The first-order valence-corrected chi connectivity index (χ1v) is 10.4. The van der Waals surface area contributed by atoms with Crippen molar-refractivity contribution in [2.75, 3.05) is 6.61 Å². The normalized spacial score (nSPS) is 10.7. The fraction of sp³-hybridized carbons (Fsp3) is 0.320. The third kappa shape index (κ3) is 4.67. The van der Waals surface area contributed by atoms with Crippen molar-refractivity contribution in [1.82, 2.24) is 9.55 Å². The van der Waals surface area contributed by atoms with Crippen LogP contribution in [0.2, 0.25) is 0 Å². The van der Waals surface area contributed by atoms with Gasteiger partial charge in [-0.05, 0) is 42.5 Å². The van der Waals surface area contributed by atoms with Crippen molar-refractivity contribution in [3.05, 3.63) is 87.1 Å². The van der Waals surface area contributed by atoms with Crippen molar-refractivity contribution in [1.29, 1.82) is 5.26 Å². The van der Waals surface area contributed by atoms with Gasteiger partial charge in [-0.15, -0.1) is 0 Å². The van der Waals surface area contributed by atoms with Crippen LogP contribution in [-0.2, 0) is 19.4 Å². The molecule has 0 amide bonds.